The average molecular weight is 318 g/mol. The molecule has 2 rings (SSSR count). The van der Waals surface area contributed by atoms with E-state index in [0.29, 0.717) is 23.9 Å². The predicted octanol–water partition coefficient (Wildman–Crippen LogP) is 2.77. The van der Waals surface area contributed by atoms with Crippen LogP contribution in [0.15, 0.2) is 4.42 Å². The van der Waals surface area contributed by atoms with Crippen molar-refractivity contribution in [2.24, 2.45) is 7.05 Å². The van der Waals surface area contributed by atoms with Gasteiger partial charge in [0.1, 0.15) is 5.76 Å². The van der Waals surface area contributed by atoms with Crippen LogP contribution in [-0.2, 0) is 13.5 Å². The molecule has 23 heavy (non-hydrogen) atoms. The number of likely N-dealkylation sites (N-methyl/N-ethyl adjacent to an activating group) is 1. The van der Waals surface area contributed by atoms with Crippen molar-refractivity contribution < 1.29 is 9.21 Å². The summed E-state index contributed by atoms with van der Waals surface area (Å²) in [5.74, 6) is 1.26. The van der Waals surface area contributed by atoms with Crippen molar-refractivity contribution in [3.8, 4) is 0 Å². The molecule has 0 N–H and O–H groups in total. The van der Waals surface area contributed by atoms with Gasteiger partial charge >= 0.3 is 0 Å². The van der Waals surface area contributed by atoms with Crippen molar-refractivity contribution in [3.63, 3.8) is 0 Å². The normalized spacial score (nSPS) is 11.3. The molecule has 0 atom stereocenters. The van der Waals surface area contributed by atoms with Crippen LogP contribution in [0.5, 0.6) is 0 Å². The van der Waals surface area contributed by atoms with E-state index in [0.717, 1.165) is 17.8 Å². The maximum atomic E-state index is 12.6. The Balaban J connectivity index is 2.08. The summed E-state index contributed by atoms with van der Waals surface area (Å²) in [6.07, 6.45) is 0.779. The smallest absolute Gasteiger partial charge is 0.275 e. The second-order valence-electron chi connectivity index (χ2n) is 6.36. The van der Waals surface area contributed by atoms with Crippen molar-refractivity contribution in [1.29, 1.82) is 0 Å². The third-order valence-corrected chi connectivity index (χ3v) is 4.21. The Morgan fingerprint density at radius 2 is 1.96 bits per heavy atom. The number of carbonyl (C=O) groups excluding carboxylic acids is 1. The lowest BCUT2D eigenvalue weighted by atomic mass is 10.1. The number of carbonyl (C=O) groups is 1. The Morgan fingerprint density at radius 1 is 1.30 bits per heavy atom. The SMILES string of the molecule is Cc1nn(C)c(C)c1CCN(C)C(=O)c1nc(C(C)C)oc1C. The fourth-order valence-electron chi connectivity index (χ4n) is 2.60. The van der Waals surface area contributed by atoms with Crippen molar-refractivity contribution in [2.75, 3.05) is 13.6 Å². The van der Waals surface area contributed by atoms with Gasteiger partial charge in [-0.25, -0.2) is 4.98 Å². The summed E-state index contributed by atoms with van der Waals surface area (Å²) >= 11 is 0. The van der Waals surface area contributed by atoms with Crippen LogP contribution in [0, 0.1) is 20.8 Å². The topological polar surface area (TPSA) is 64.2 Å². The van der Waals surface area contributed by atoms with E-state index in [2.05, 4.69) is 10.1 Å². The molecule has 1 amide bonds. The quantitative estimate of drug-likeness (QED) is 0.850. The molecule has 2 aromatic rings. The summed E-state index contributed by atoms with van der Waals surface area (Å²) in [4.78, 5) is 18.6. The third kappa shape index (κ3) is 3.46. The first-order chi connectivity index (χ1) is 10.7. The van der Waals surface area contributed by atoms with Gasteiger partial charge < -0.3 is 9.32 Å². The fraction of sp³-hybridized carbons (Fsp3) is 0.588. The molecular weight excluding hydrogens is 292 g/mol. The van der Waals surface area contributed by atoms with Gasteiger partial charge in [0.25, 0.3) is 5.91 Å². The van der Waals surface area contributed by atoms with Crippen LogP contribution < -0.4 is 0 Å². The monoisotopic (exact) mass is 318 g/mol. The number of aromatic nitrogens is 3. The largest absolute Gasteiger partial charge is 0.445 e. The molecular formula is C17H26N4O2. The zero-order valence-electron chi connectivity index (χ0n) is 15.1. The van der Waals surface area contributed by atoms with Crippen molar-refractivity contribution in [2.45, 2.75) is 47.0 Å². The summed E-state index contributed by atoms with van der Waals surface area (Å²) in [5.41, 5.74) is 3.77. The molecule has 0 aliphatic rings. The highest BCUT2D eigenvalue weighted by Gasteiger charge is 2.22. The molecule has 0 radical (unpaired) electrons. The van der Waals surface area contributed by atoms with Crippen LogP contribution in [0.2, 0.25) is 0 Å². The Labute approximate surface area is 137 Å². The first-order valence-corrected chi connectivity index (χ1v) is 7.94. The average Bonchev–Trinajstić information content (AvgIpc) is 2.98. The molecule has 0 spiro atoms. The lowest BCUT2D eigenvalue weighted by Gasteiger charge is -2.16. The molecule has 6 nitrogen and oxygen atoms in total. The first-order valence-electron chi connectivity index (χ1n) is 7.94. The van der Waals surface area contributed by atoms with Crippen LogP contribution in [0.1, 0.15) is 58.9 Å². The minimum absolute atomic E-state index is 0.0997. The number of oxazole rings is 1. The second kappa shape index (κ2) is 6.56. The van der Waals surface area contributed by atoms with Gasteiger partial charge in [-0.1, -0.05) is 13.8 Å². The van der Waals surface area contributed by atoms with Gasteiger partial charge in [0, 0.05) is 32.3 Å². The molecule has 0 saturated carbocycles. The van der Waals surface area contributed by atoms with Gasteiger partial charge in [0.15, 0.2) is 11.6 Å². The summed E-state index contributed by atoms with van der Waals surface area (Å²) in [6.45, 7) is 10.5. The van der Waals surface area contributed by atoms with Crippen LogP contribution in [0.25, 0.3) is 0 Å². The lowest BCUT2D eigenvalue weighted by molar-refractivity contribution is 0.0789. The summed E-state index contributed by atoms with van der Waals surface area (Å²) < 4.78 is 7.46. The molecule has 0 aliphatic heterocycles. The molecule has 0 aliphatic carbocycles. The Hall–Kier alpha value is -2.11. The summed E-state index contributed by atoms with van der Waals surface area (Å²) in [6, 6.07) is 0. The molecule has 0 unspecified atom stereocenters. The Kier molecular flexibility index (Phi) is 4.92. The molecule has 0 fully saturated rings. The highest BCUT2D eigenvalue weighted by molar-refractivity contribution is 5.93. The number of nitrogens with zero attached hydrogens (tertiary/aromatic N) is 4. The maximum Gasteiger partial charge on any atom is 0.275 e. The molecule has 2 aromatic heterocycles. The Morgan fingerprint density at radius 3 is 2.43 bits per heavy atom. The number of aryl methyl sites for hydroxylation is 3. The van der Waals surface area contributed by atoms with E-state index in [9.17, 15) is 4.79 Å². The molecule has 6 heteroatoms. The van der Waals surface area contributed by atoms with Crippen LogP contribution in [0.3, 0.4) is 0 Å². The minimum Gasteiger partial charge on any atom is -0.445 e. The van der Waals surface area contributed by atoms with E-state index in [1.807, 2.05) is 39.4 Å². The van der Waals surface area contributed by atoms with Gasteiger partial charge in [-0.05, 0) is 32.8 Å². The highest BCUT2D eigenvalue weighted by atomic mass is 16.4. The molecule has 126 valence electrons. The van der Waals surface area contributed by atoms with Crippen molar-refractivity contribution >= 4 is 5.91 Å². The Bertz CT molecular complexity index is 712. The van der Waals surface area contributed by atoms with Crippen LogP contribution in [-0.4, -0.2) is 39.2 Å². The molecule has 0 bridgehead atoms. The van der Waals surface area contributed by atoms with E-state index in [-0.39, 0.29) is 11.8 Å². The zero-order chi connectivity index (χ0) is 17.3. The van der Waals surface area contributed by atoms with Gasteiger partial charge in [0.05, 0.1) is 5.69 Å². The summed E-state index contributed by atoms with van der Waals surface area (Å²) in [5, 5.41) is 4.41. The van der Waals surface area contributed by atoms with E-state index in [1.165, 1.54) is 5.56 Å². The summed E-state index contributed by atoms with van der Waals surface area (Å²) in [7, 11) is 3.74. The van der Waals surface area contributed by atoms with Crippen LogP contribution >= 0.6 is 0 Å². The predicted molar refractivity (Wildman–Crippen MR) is 88.7 cm³/mol. The minimum atomic E-state index is -0.0997. The molecule has 0 saturated heterocycles. The lowest BCUT2D eigenvalue weighted by Crippen LogP contribution is -2.29. The number of rotatable bonds is 5. The van der Waals surface area contributed by atoms with E-state index < -0.39 is 0 Å². The molecule has 2 heterocycles. The van der Waals surface area contributed by atoms with Gasteiger partial charge in [-0.3, -0.25) is 9.48 Å². The van der Waals surface area contributed by atoms with Crippen LogP contribution in [0.4, 0.5) is 0 Å². The number of hydrogen-bond acceptors (Lipinski definition) is 4. The fourth-order valence-corrected chi connectivity index (χ4v) is 2.60. The highest BCUT2D eigenvalue weighted by Crippen LogP contribution is 2.19. The maximum absolute atomic E-state index is 12.6. The van der Waals surface area contributed by atoms with E-state index >= 15 is 0 Å². The zero-order valence-corrected chi connectivity index (χ0v) is 15.1. The second-order valence-corrected chi connectivity index (χ2v) is 6.36. The third-order valence-electron chi connectivity index (χ3n) is 4.21. The van der Waals surface area contributed by atoms with Crippen molar-refractivity contribution in [3.05, 3.63) is 34.3 Å². The first kappa shape index (κ1) is 17.2. The standard InChI is InChI=1S/C17H26N4O2/c1-10(2)16-18-15(13(5)23-16)17(22)20(6)9-8-14-11(3)19-21(7)12(14)4/h10H,8-9H2,1-7H3. The number of hydrogen-bond donors (Lipinski definition) is 0. The van der Waals surface area contributed by atoms with Gasteiger partial charge in [-0.15, -0.1) is 0 Å². The van der Waals surface area contributed by atoms with E-state index in [1.54, 1.807) is 18.9 Å². The van der Waals surface area contributed by atoms with E-state index in [4.69, 9.17) is 4.42 Å². The van der Waals surface area contributed by atoms with Gasteiger partial charge in [0.2, 0.25) is 0 Å². The molecule has 0 aromatic carbocycles. The van der Waals surface area contributed by atoms with Gasteiger partial charge in [-0.2, -0.15) is 5.10 Å². The van der Waals surface area contributed by atoms with Crippen molar-refractivity contribution in [1.82, 2.24) is 19.7 Å². The number of amides is 1.